The number of nitrogens with one attached hydrogen (secondary N) is 1. The van der Waals surface area contributed by atoms with Gasteiger partial charge in [0.15, 0.2) is 6.61 Å². The van der Waals surface area contributed by atoms with E-state index in [4.69, 9.17) is 9.47 Å². The largest absolute Gasteiger partial charge is 0.494 e. The number of amides is 1. The Morgan fingerprint density at radius 2 is 1.50 bits per heavy atom. The molecule has 0 atom stereocenters. The number of ether oxygens (including phenoxy) is 2. The van der Waals surface area contributed by atoms with Crippen molar-refractivity contribution < 1.29 is 14.3 Å². The second-order valence-electron chi connectivity index (χ2n) is 5.93. The molecule has 24 heavy (non-hydrogen) atoms. The maximum atomic E-state index is 12.1. The molecular formula is C20H25NO3. The summed E-state index contributed by atoms with van der Waals surface area (Å²) in [5.41, 5.74) is 4.15. The SMILES string of the molecule is CCCOc1ccc(OCC(=O)Nc2c(C)cc(C)cc2C)cc1. The van der Waals surface area contributed by atoms with E-state index in [0.717, 1.165) is 29.0 Å². The lowest BCUT2D eigenvalue weighted by Gasteiger charge is -2.13. The summed E-state index contributed by atoms with van der Waals surface area (Å²) < 4.78 is 11.1. The number of rotatable bonds is 7. The van der Waals surface area contributed by atoms with Crippen LogP contribution in [0.15, 0.2) is 36.4 Å². The lowest BCUT2D eigenvalue weighted by molar-refractivity contribution is -0.118. The standard InChI is InChI=1S/C20H25NO3/c1-5-10-23-17-6-8-18(9-7-17)24-13-19(22)21-20-15(3)11-14(2)12-16(20)4/h6-9,11-12H,5,10,13H2,1-4H3,(H,21,22). The molecule has 0 saturated heterocycles. The van der Waals surface area contributed by atoms with Crippen LogP contribution in [0.4, 0.5) is 5.69 Å². The van der Waals surface area contributed by atoms with E-state index in [2.05, 4.69) is 24.4 Å². The Labute approximate surface area is 143 Å². The highest BCUT2D eigenvalue weighted by Gasteiger charge is 2.09. The van der Waals surface area contributed by atoms with Gasteiger partial charge in [-0.25, -0.2) is 0 Å². The molecule has 0 aromatic heterocycles. The van der Waals surface area contributed by atoms with Crippen LogP contribution in [0.25, 0.3) is 0 Å². The minimum atomic E-state index is -0.170. The van der Waals surface area contributed by atoms with Crippen LogP contribution < -0.4 is 14.8 Å². The molecule has 0 fully saturated rings. The van der Waals surface area contributed by atoms with Crippen molar-refractivity contribution in [1.82, 2.24) is 0 Å². The Hall–Kier alpha value is -2.49. The number of carbonyl (C=O) groups excluding carboxylic acids is 1. The summed E-state index contributed by atoms with van der Waals surface area (Å²) in [6, 6.07) is 11.4. The molecule has 128 valence electrons. The molecule has 0 unspecified atom stereocenters. The summed E-state index contributed by atoms with van der Waals surface area (Å²) in [6.45, 7) is 8.76. The molecule has 2 aromatic rings. The van der Waals surface area contributed by atoms with Crippen LogP contribution in [-0.2, 0) is 4.79 Å². The minimum absolute atomic E-state index is 0.0259. The molecule has 0 radical (unpaired) electrons. The number of hydrogen-bond acceptors (Lipinski definition) is 3. The van der Waals surface area contributed by atoms with E-state index in [-0.39, 0.29) is 12.5 Å². The number of carbonyl (C=O) groups is 1. The molecule has 0 aliphatic heterocycles. The summed E-state index contributed by atoms with van der Waals surface area (Å²) >= 11 is 0. The van der Waals surface area contributed by atoms with Crippen LogP contribution in [0.1, 0.15) is 30.0 Å². The molecule has 4 heteroatoms. The van der Waals surface area contributed by atoms with Crippen LogP contribution in [-0.4, -0.2) is 19.1 Å². The van der Waals surface area contributed by atoms with E-state index in [1.54, 1.807) is 12.1 Å². The maximum absolute atomic E-state index is 12.1. The molecule has 1 N–H and O–H groups in total. The van der Waals surface area contributed by atoms with Crippen molar-refractivity contribution in [3.8, 4) is 11.5 Å². The topological polar surface area (TPSA) is 47.6 Å². The Bertz CT molecular complexity index is 670. The molecule has 1 amide bonds. The summed E-state index contributed by atoms with van der Waals surface area (Å²) in [5.74, 6) is 1.28. The third kappa shape index (κ3) is 5.01. The zero-order valence-corrected chi connectivity index (χ0v) is 14.8. The van der Waals surface area contributed by atoms with Gasteiger partial charge >= 0.3 is 0 Å². The van der Waals surface area contributed by atoms with E-state index in [1.807, 2.05) is 32.9 Å². The van der Waals surface area contributed by atoms with Crippen LogP contribution in [0.3, 0.4) is 0 Å². The molecular weight excluding hydrogens is 302 g/mol. The predicted molar refractivity (Wildman–Crippen MR) is 97.0 cm³/mol. The van der Waals surface area contributed by atoms with Gasteiger partial charge in [0, 0.05) is 5.69 Å². The highest BCUT2D eigenvalue weighted by atomic mass is 16.5. The van der Waals surface area contributed by atoms with Gasteiger partial charge in [0.2, 0.25) is 0 Å². The molecule has 0 saturated carbocycles. The summed E-state index contributed by atoms with van der Waals surface area (Å²) in [5, 5.41) is 2.93. The zero-order valence-electron chi connectivity index (χ0n) is 14.8. The fourth-order valence-electron chi connectivity index (χ4n) is 2.55. The molecule has 0 aliphatic carbocycles. The van der Waals surface area contributed by atoms with Crippen LogP contribution >= 0.6 is 0 Å². The Balaban J connectivity index is 1.89. The van der Waals surface area contributed by atoms with Gasteiger partial charge in [-0.3, -0.25) is 4.79 Å². The second kappa shape index (κ2) is 8.39. The van der Waals surface area contributed by atoms with Crippen molar-refractivity contribution in [3.63, 3.8) is 0 Å². The summed E-state index contributed by atoms with van der Waals surface area (Å²) in [6.07, 6.45) is 0.969. The average molecular weight is 327 g/mol. The number of aryl methyl sites for hydroxylation is 3. The average Bonchev–Trinajstić information content (AvgIpc) is 2.55. The van der Waals surface area contributed by atoms with E-state index < -0.39 is 0 Å². The van der Waals surface area contributed by atoms with E-state index in [0.29, 0.717) is 12.4 Å². The lowest BCUT2D eigenvalue weighted by atomic mass is 10.1. The number of benzene rings is 2. The summed E-state index contributed by atoms with van der Waals surface area (Å²) in [7, 11) is 0. The zero-order chi connectivity index (χ0) is 17.5. The normalized spacial score (nSPS) is 10.3. The van der Waals surface area contributed by atoms with Crippen molar-refractivity contribution in [2.75, 3.05) is 18.5 Å². The van der Waals surface area contributed by atoms with Crippen LogP contribution in [0, 0.1) is 20.8 Å². The predicted octanol–water partition coefficient (Wildman–Crippen LogP) is 4.42. The quantitative estimate of drug-likeness (QED) is 0.819. The van der Waals surface area contributed by atoms with E-state index >= 15 is 0 Å². The molecule has 0 bridgehead atoms. The molecule has 0 aliphatic rings. The first-order valence-electron chi connectivity index (χ1n) is 8.23. The minimum Gasteiger partial charge on any atom is -0.494 e. The number of anilines is 1. The highest BCUT2D eigenvalue weighted by molar-refractivity contribution is 5.93. The van der Waals surface area contributed by atoms with Crippen molar-refractivity contribution in [2.45, 2.75) is 34.1 Å². The second-order valence-corrected chi connectivity index (χ2v) is 5.93. The molecule has 0 spiro atoms. The van der Waals surface area contributed by atoms with Gasteiger partial charge < -0.3 is 14.8 Å². The molecule has 4 nitrogen and oxygen atoms in total. The first kappa shape index (κ1) is 17.9. The van der Waals surface area contributed by atoms with E-state index in [9.17, 15) is 4.79 Å². The maximum Gasteiger partial charge on any atom is 0.262 e. The van der Waals surface area contributed by atoms with Crippen molar-refractivity contribution in [3.05, 3.63) is 53.1 Å². The smallest absolute Gasteiger partial charge is 0.262 e. The van der Waals surface area contributed by atoms with Crippen LogP contribution in [0.5, 0.6) is 11.5 Å². The Kier molecular flexibility index (Phi) is 6.24. The van der Waals surface area contributed by atoms with Crippen molar-refractivity contribution in [1.29, 1.82) is 0 Å². The summed E-state index contributed by atoms with van der Waals surface area (Å²) in [4.78, 5) is 12.1. The van der Waals surface area contributed by atoms with Crippen molar-refractivity contribution in [2.24, 2.45) is 0 Å². The Morgan fingerprint density at radius 1 is 0.958 bits per heavy atom. The number of hydrogen-bond donors (Lipinski definition) is 1. The fraction of sp³-hybridized carbons (Fsp3) is 0.350. The van der Waals surface area contributed by atoms with Gasteiger partial charge in [-0.15, -0.1) is 0 Å². The molecule has 2 rings (SSSR count). The van der Waals surface area contributed by atoms with Gasteiger partial charge in [0.25, 0.3) is 5.91 Å². The van der Waals surface area contributed by atoms with Gasteiger partial charge in [0.1, 0.15) is 11.5 Å². The third-order valence-corrected chi connectivity index (χ3v) is 3.61. The molecule has 2 aromatic carbocycles. The lowest BCUT2D eigenvalue weighted by Crippen LogP contribution is -2.21. The first-order valence-corrected chi connectivity index (χ1v) is 8.23. The monoisotopic (exact) mass is 327 g/mol. The first-order chi connectivity index (χ1) is 11.5. The third-order valence-electron chi connectivity index (χ3n) is 3.61. The fourth-order valence-corrected chi connectivity index (χ4v) is 2.55. The van der Waals surface area contributed by atoms with E-state index in [1.165, 1.54) is 5.56 Å². The Morgan fingerprint density at radius 3 is 2.04 bits per heavy atom. The van der Waals surface area contributed by atoms with Gasteiger partial charge in [-0.2, -0.15) is 0 Å². The van der Waals surface area contributed by atoms with Crippen molar-refractivity contribution >= 4 is 11.6 Å². The van der Waals surface area contributed by atoms with Gasteiger partial charge in [-0.1, -0.05) is 24.6 Å². The van der Waals surface area contributed by atoms with Gasteiger partial charge in [0.05, 0.1) is 6.61 Å². The highest BCUT2D eigenvalue weighted by Crippen LogP contribution is 2.22. The molecule has 0 heterocycles. The van der Waals surface area contributed by atoms with Crippen LogP contribution in [0.2, 0.25) is 0 Å². The van der Waals surface area contributed by atoms with Gasteiger partial charge in [-0.05, 0) is 62.6 Å².